The summed E-state index contributed by atoms with van der Waals surface area (Å²) in [5.41, 5.74) is 3.58. The third-order valence-electron chi connectivity index (χ3n) is 3.65. The predicted molar refractivity (Wildman–Crippen MR) is 73.7 cm³/mol. The molecule has 1 aliphatic heterocycles. The van der Waals surface area contributed by atoms with Crippen molar-refractivity contribution in [1.29, 1.82) is 5.41 Å². The highest BCUT2D eigenvalue weighted by atomic mass is 15.2. The van der Waals surface area contributed by atoms with E-state index < -0.39 is 0 Å². The molecule has 0 amide bonds. The van der Waals surface area contributed by atoms with Gasteiger partial charge in [-0.2, -0.15) is 0 Å². The molecule has 2 aromatic rings. The molecule has 2 nitrogen and oxygen atoms in total. The van der Waals surface area contributed by atoms with Crippen molar-refractivity contribution in [2.24, 2.45) is 0 Å². The second-order valence-corrected chi connectivity index (χ2v) is 4.72. The van der Waals surface area contributed by atoms with Gasteiger partial charge in [-0.05, 0) is 18.1 Å². The number of amidine groups is 1. The van der Waals surface area contributed by atoms with Crippen molar-refractivity contribution < 1.29 is 0 Å². The molecule has 0 bridgehead atoms. The summed E-state index contributed by atoms with van der Waals surface area (Å²) in [5.74, 6) is 0.641. The summed E-state index contributed by atoms with van der Waals surface area (Å²) in [6.07, 6.45) is 0. The number of nitrogens with one attached hydrogen (secondary N) is 1. The zero-order valence-corrected chi connectivity index (χ0v) is 10.4. The van der Waals surface area contributed by atoms with E-state index in [1.807, 2.05) is 24.3 Å². The minimum atomic E-state index is 0.242. The van der Waals surface area contributed by atoms with Gasteiger partial charge in [-0.25, -0.2) is 0 Å². The van der Waals surface area contributed by atoms with Gasteiger partial charge in [0.05, 0.1) is 6.04 Å². The van der Waals surface area contributed by atoms with Crippen LogP contribution in [-0.4, -0.2) is 10.7 Å². The molecule has 1 atom stereocenters. The molecule has 0 radical (unpaired) electrons. The lowest BCUT2D eigenvalue weighted by atomic mass is 10.1. The first-order valence-electron chi connectivity index (χ1n) is 6.26. The quantitative estimate of drug-likeness (QED) is 0.847. The fraction of sp³-hybridized carbons (Fsp3) is 0.188. The summed E-state index contributed by atoms with van der Waals surface area (Å²) in [6, 6.07) is 18.8. The number of hydrogen-bond acceptors (Lipinski definition) is 1. The molecule has 0 aromatic heterocycles. The van der Waals surface area contributed by atoms with E-state index in [1.165, 1.54) is 11.1 Å². The number of rotatable bonds is 2. The van der Waals surface area contributed by atoms with Crippen molar-refractivity contribution in [1.82, 2.24) is 4.90 Å². The van der Waals surface area contributed by atoms with Crippen LogP contribution in [0.25, 0.3) is 0 Å². The van der Waals surface area contributed by atoms with Gasteiger partial charge >= 0.3 is 0 Å². The van der Waals surface area contributed by atoms with Crippen LogP contribution in [0.4, 0.5) is 0 Å². The molecule has 2 heteroatoms. The molecule has 18 heavy (non-hydrogen) atoms. The Bertz CT molecular complexity index is 575. The van der Waals surface area contributed by atoms with Gasteiger partial charge < -0.3 is 4.90 Å². The zero-order chi connectivity index (χ0) is 12.5. The standard InChI is InChI=1S/C16H16N2/c1-12(13-7-3-2-4-8-13)18-11-14-9-5-6-10-15(14)16(18)17/h2-10,12,17H,11H2,1H3/t12-/m0/s1. The Hall–Kier alpha value is -2.09. The van der Waals surface area contributed by atoms with Gasteiger partial charge in [0.2, 0.25) is 0 Å². The Morgan fingerprint density at radius 1 is 1.00 bits per heavy atom. The van der Waals surface area contributed by atoms with Crippen LogP contribution in [0, 0.1) is 5.41 Å². The molecule has 1 N–H and O–H groups in total. The molecular weight excluding hydrogens is 220 g/mol. The molecule has 2 aromatic carbocycles. The van der Waals surface area contributed by atoms with Gasteiger partial charge in [0.25, 0.3) is 0 Å². The van der Waals surface area contributed by atoms with Gasteiger partial charge in [0.15, 0.2) is 0 Å². The largest absolute Gasteiger partial charge is 0.345 e. The molecule has 0 saturated carbocycles. The first-order valence-corrected chi connectivity index (χ1v) is 6.26. The first kappa shape index (κ1) is 11.0. The molecule has 0 saturated heterocycles. The SMILES string of the molecule is C[C@@H](c1ccccc1)N1Cc2ccccc2C1=N. The van der Waals surface area contributed by atoms with E-state index in [0.717, 1.165) is 12.1 Å². The van der Waals surface area contributed by atoms with Crippen LogP contribution in [-0.2, 0) is 6.54 Å². The Labute approximate surface area is 107 Å². The van der Waals surface area contributed by atoms with Gasteiger partial charge in [-0.3, -0.25) is 5.41 Å². The smallest absolute Gasteiger partial charge is 0.129 e. The van der Waals surface area contributed by atoms with E-state index in [0.29, 0.717) is 5.84 Å². The summed E-state index contributed by atoms with van der Waals surface area (Å²) in [5, 5.41) is 8.29. The van der Waals surface area contributed by atoms with Crippen molar-refractivity contribution in [3.8, 4) is 0 Å². The minimum Gasteiger partial charge on any atom is -0.345 e. The highest BCUT2D eigenvalue weighted by Gasteiger charge is 2.27. The number of benzene rings is 2. The number of nitrogens with zero attached hydrogens (tertiary/aromatic N) is 1. The van der Waals surface area contributed by atoms with Crippen molar-refractivity contribution >= 4 is 5.84 Å². The topological polar surface area (TPSA) is 27.1 Å². The summed E-state index contributed by atoms with van der Waals surface area (Å²) in [7, 11) is 0. The van der Waals surface area contributed by atoms with Crippen molar-refractivity contribution in [3.05, 3.63) is 71.3 Å². The lowest BCUT2D eigenvalue weighted by Crippen LogP contribution is -2.27. The second-order valence-electron chi connectivity index (χ2n) is 4.72. The Morgan fingerprint density at radius 2 is 1.67 bits per heavy atom. The van der Waals surface area contributed by atoms with E-state index in [9.17, 15) is 0 Å². The summed E-state index contributed by atoms with van der Waals surface area (Å²) in [6.45, 7) is 3.00. The molecular formula is C16H16N2. The minimum absolute atomic E-state index is 0.242. The molecule has 3 rings (SSSR count). The fourth-order valence-corrected chi connectivity index (χ4v) is 2.55. The van der Waals surface area contributed by atoms with Crippen LogP contribution in [0.5, 0.6) is 0 Å². The van der Waals surface area contributed by atoms with Crippen molar-refractivity contribution in [3.63, 3.8) is 0 Å². The lowest BCUT2D eigenvalue weighted by Gasteiger charge is -2.26. The summed E-state index contributed by atoms with van der Waals surface area (Å²) in [4.78, 5) is 2.15. The highest BCUT2D eigenvalue weighted by Crippen LogP contribution is 2.30. The molecule has 90 valence electrons. The predicted octanol–water partition coefficient (Wildman–Crippen LogP) is 3.59. The van der Waals surface area contributed by atoms with E-state index >= 15 is 0 Å². The van der Waals surface area contributed by atoms with Gasteiger partial charge in [0, 0.05) is 12.1 Å². The van der Waals surface area contributed by atoms with Crippen LogP contribution in [0.3, 0.4) is 0 Å². The van der Waals surface area contributed by atoms with Crippen LogP contribution >= 0.6 is 0 Å². The molecule has 0 fully saturated rings. The van der Waals surface area contributed by atoms with Crippen LogP contribution < -0.4 is 0 Å². The molecule has 1 heterocycles. The fourth-order valence-electron chi connectivity index (χ4n) is 2.55. The molecule has 0 spiro atoms. The normalized spacial score (nSPS) is 15.6. The van der Waals surface area contributed by atoms with E-state index in [-0.39, 0.29) is 6.04 Å². The maximum absolute atomic E-state index is 8.29. The lowest BCUT2D eigenvalue weighted by molar-refractivity contribution is 0.341. The third kappa shape index (κ3) is 1.70. The van der Waals surface area contributed by atoms with Crippen molar-refractivity contribution in [2.75, 3.05) is 0 Å². The molecule has 1 aliphatic rings. The number of fused-ring (bicyclic) bond motifs is 1. The first-order chi connectivity index (χ1) is 8.77. The van der Waals surface area contributed by atoms with E-state index in [4.69, 9.17) is 5.41 Å². The Balaban J connectivity index is 1.91. The summed E-state index contributed by atoms with van der Waals surface area (Å²) >= 11 is 0. The Morgan fingerprint density at radius 3 is 2.39 bits per heavy atom. The van der Waals surface area contributed by atoms with Gasteiger partial charge in [-0.15, -0.1) is 0 Å². The molecule has 0 aliphatic carbocycles. The average Bonchev–Trinajstić information content (AvgIpc) is 2.77. The average molecular weight is 236 g/mol. The van der Waals surface area contributed by atoms with Gasteiger partial charge in [-0.1, -0.05) is 54.6 Å². The third-order valence-corrected chi connectivity index (χ3v) is 3.65. The zero-order valence-electron chi connectivity index (χ0n) is 10.4. The van der Waals surface area contributed by atoms with E-state index in [2.05, 4.69) is 42.2 Å². The van der Waals surface area contributed by atoms with Gasteiger partial charge in [0.1, 0.15) is 5.84 Å². The maximum atomic E-state index is 8.29. The second kappa shape index (κ2) is 4.30. The maximum Gasteiger partial charge on any atom is 0.129 e. The van der Waals surface area contributed by atoms with Crippen LogP contribution in [0.15, 0.2) is 54.6 Å². The van der Waals surface area contributed by atoms with Crippen molar-refractivity contribution in [2.45, 2.75) is 19.5 Å². The monoisotopic (exact) mass is 236 g/mol. The Kier molecular flexibility index (Phi) is 2.63. The van der Waals surface area contributed by atoms with Crippen LogP contribution in [0.1, 0.15) is 29.7 Å². The van der Waals surface area contributed by atoms with E-state index in [1.54, 1.807) is 0 Å². The summed E-state index contributed by atoms with van der Waals surface area (Å²) < 4.78 is 0. The van der Waals surface area contributed by atoms with Crippen LogP contribution in [0.2, 0.25) is 0 Å². The highest BCUT2D eigenvalue weighted by molar-refractivity contribution is 6.00. The number of hydrogen-bond donors (Lipinski definition) is 1. The molecule has 0 unspecified atom stereocenters.